The number of benzene rings is 1. The Morgan fingerprint density at radius 1 is 1.24 bits per heavy atom. The summed E-state index contributed by atoms with van der Waals surface area (Å²) >= 11 is 5.98. The van der Waals surface area contributed by atoms with E-state index in [-0.39, 0.29) is 11.6 Å². The Bertz CT molecular complexity index is 420. The molecular formula is C18H28ClNO. The smallest absolute Gasteiger partial charge is 0.0949 e. The molecule has 1 fully saturated rings. The maximum Gasteiger partial charge on any atom is 0.0949 e. The fourth-order valence-electron chi connectivity index (χ4n) is 2.51. The molecule has 0 aliphatic heterocycles. The molecule has 1 N–H and O–H groups in total. The van der Waals surface area contributed by atoms with Crippen LogP contribution >= 0.6 is 11.6 Å². The van der Waals surface area contributed by atoms with Gasteiger partial charge in [0, 0.05) is 23.7 Å². The average Bonchev–Trinajstić information content (AvgIpc) is 2.36. The second kappa shape index (κ2) is 7.62. The van der Waals surface area contributed by atoms with Crippen LogP contribution < -0.4 is 5.32 Å². The van der Waals surface area contributed by atoms with Crippen LogP contribution in [0.2, 0.25) is 5.02 Å². The number of nitrogens with one attached hydrogen (secondary N) is 1. The molecule has 0 amide bonds. The van der Waals surface area contributed by atoms with E-state index < -0.39 is 0 Å². The van der Waals surface area contributed by atoms with E-state index in [1.165, 1.54) is 31.2 Å². The SMILES string of the molecule is CC(C)(C)NCC(OCCC1CCC1)c1ccc(Cl)cc1. The summed E-state index contributed by atoms with van der Waals surface area (Å²) in [6.07, 6.45) is 5.46. The Morgan fingerprint density at radius 2 is 1.90 bits per heavy atom. The van der Waals surface area contributed by atoms with Gasteiger partial charge in [-0.15, -0.1) is 0 Å². The first-order valence-corrected chi connectivity index (χ1v) is 8.44. The van der Waals surface area contributed by atoms with Crippen LogP contribution in [-0.2, 0) is 4.74 Å². The normalized spacial score (nSPS) is 17.5. The first kappa shape index (κ1) is 16.8. The van der Waals surface area contributed by atoms with Crippen molar-refractivity contribution in [3.8, 4) is 0 Å². The lowest BCUT2D eigenvalue weighted by Gasteiger charge is -2.28. The van der Waals surface area contributed by atoms with Crippen LogP contribution in [0.3, 0.4) is 0 Å². The second-order valence-corrected chi connectivity index (χ2v) is 7.56. The highest BCUT2D eigenvalue weighted by Gasteiger charge is 2.20. The summed E-state index contributed by atoms with van der Waals surface area (Å²) in [5.41, 5.74) is 1.30. The highest BCUT2D eigenvalue weighted by molar-refractivity contribution is 6.30. The van der Waals surface area contributed by atoms with Crippen LogP contribution in [-0.4, -0.2) is 18.7 Å². The van der Waals surface area contributed by atoms with Gasteiger partial charge in [0.1, 0.15) is 0 Å². The summed E-state index contributed by atoms with van der Waals surface area (Å²) in [7, 11) is 0. The van der Waals surface area contributed by atoms with Gasteiger partial charge in [-0.3, -0.25) is 0 Å². The molecular weight excluding hydrogens is 282 g/mol. The van der Waals surface area contributed by atoms with Crippen molar-refractivity contribution < 1.29 is 4.74 Å². The number of hydrogen-bond donors (Lipinski definition) is 1. The van der Waals surface area contributed by atoms with Gasteiger partial charge in [-0.1, -0.05) is 43.0 Å². The summed E-state index contributed by atoms with van der Waals surface area (Å²) in [4.78, 5) is 0. The third kappa shape index (κ3) is 5.98. The van der Waals surface area contributed by atoms with Crippen LogP contribution in [0.1, 0.15) is 58.1 Å². The molecule has 118 valence electrons. The fraction of sp³-hybridized carbons (Fsp3) is 0.667. The zero-order chi connectivity index (χ0) is 15.3. The Hall–Kier alpha value is -0.570. The molecule has 0 bridgehead atoms. The third-order valence-electron chi connectivity index (χ3n) is 4.13. The Morgan fingerprint density at radius 3 is 2.43 bits per heavy atom. The van der Waals surface area contributed by atoms with Crippen molar-refractivity contribution in [1.82, 2.24) is 5.32 Å². The van der Waals surface area contributed by atoms with Crippen molar-refractivity contribution in [3.05, 3.63) is 34.9 Å². The molecule has 1 aliphatic carbocycles. The lowest BCUT2D eigenvalue weighted by molar-refractivity contribution is 0.0336. The van der Waals surface area contributed by atoms with E-state index in [1.54, 1.807) is 0 Å². The minimum atomic E-state index is 0.0987. The van der Waals surface area contributed by atoms with E-state index in [4.69, 9.17) is 16.3 Å². The van der Waals surface area contributed by atoms with Gasteiger partial charge in [-0.05, 0) is 50.8 Å². The molecule has 0 heterocycles. The van der Waals surface area contributed by atoms with E-state index in [0.29, 0.717) is 0 Å². The highest BCUT2D eigenvalue weighted by Crippen LogP contribution is 2.30. The highest BCUT2D eigenvalue weighted by atomic mass is 35.5. The molecule has 0 saturated heterocycles. The molecule has 1 aromatic carbocycles. The number of halogens is 1. The molecule has 1 saturated carbocycles. The lowest BCUT2D eigenvalue weighted by atomic mass is 9.83. The van der Waals surface area contributed by atoms with Gasteiger partial charge < -0.3 is 10.1 Å². The van der Waals surface area contributed by atoms with Gasteiger partial charge in [0.25, 0.3) is 0 Å². The summed E-state index contributed by atoms with van der Waals surface area (Å²) in [6, 6.07) is 8.02. The van der Waals surface area contributed by atoms with Crippen molar-refractivity contribution in [1.29, 1.82) is 0 Å². The average molecular weight is 310 g/mol. The van der Waals surface area contributed by atoms with E-state index >= 15 is 0 Å². The Balaban J connectivity index is 1.90. The van der Waals surface area contributed by atoms with Crippen molar-refractivity contribution >= 4 is 11.6 Å². The molecule has 0 radical (unpaired) electrons. The Kier molecular flexibility index (Phi) is 6.09. The first-order valence-electron chi connectivity index (χ1n) is 8.06. The van der Waals surface area contributed by atoms with E-state index in [2.05, 4.69) is 38.2 Å². The molecule has 0 spiro atoms. The molecule has 3 heteroatoms. The summed E-state index contributed by atoms with van der Waals surface area (Å²) in [6.45, 7) is 8.22. The van der Waals surface area contributed by atoms with Gasteiger partial charge in [0.2, 0.25) is 0 Å². The maximum absolute atomic E-state index is 6.16. The second-order valence-electron chi connectivity index (χ2n) is 7.13. The maximum atomic E-state index is 6.16. The van der Waals surface area contributed by atoms with Gasteiger partial charge in [-0.25, -0.2) is 0 Å². The quantitative estimate of drug-likeness (QED) is 0.767. The molecule has 2 nitrogen and oxygen atoms in total. The summed E-state index contributed by atoms with van der Waals surface area (Å²) in [5.74, 6) is 0.895. The fourth-order valence-corrected chi connectivity index (χ4v) is 2.63. The molecule has 1 aliphatic rings. The van der Waals surface area contributed by atoms with Gasteiger partial charge in [0.15, 0.2) is 0 Å². The lowest BCUT2D eigenvalue weighted by Crippen LogP contribution is -2.39. The largest absolute Gasteiger partial charge is 0.372 e. The minimum Gasteiger partial charge on any atom is -0.372 e. The zero-order valence-corrected chi connectivity index (χ0v) is 14.2. The van der Waals surface area contributed by atoms with Crippen LogP contribution in [0.5, 0.6) is 0 Å². The third-order valence-corrected chi connectivity index (χ3v) is 4.38. The summed E-state index contributed by atoms with van der Waals surface area (Å²) in [5, 5.41) is 4.32. The van der Waals surface area contributed by atoms with Crippen molar-refractivity contribution in [2.45, 2.75) is 58.1 Å². The summed E-state index contributed by atoms with van der Waals surface area (Å²) < 4.78 is 6.16. The van der Waals surface area contributed by atoms with Crippen molar-refractivity contribution in [2.24, 2.45) is 5.92 Å². The molecule has 0 aromatic heterocycles. The van der Waals surface area contributed by atoms with Gasteiger partial charge >= 0.3 is 0 Å². The van der Waals surface area contributed by atoms with Crippen LogP contribution in [0.4, 0.5) is 0 Å². The molecule has 1 atom stereocenters. The van der Waals surface area contributed by atoms with Crippen LogP contribution in [0.25, 0.3) is 0 Å². The first-order chi connectivity index (χ1) is 9.94. The number of ether oxygens (including phenoxy) is 1. The van der Waals surface area contributed by atoms with Crippen LogP contribution in [0, 0.1) is 5.92 Å². The molecule has 21 heavy (non-hydrogen) atoms. The van der Waals surface area contributed by atoms with Crippen LogP contribution in [0.15, 0.2) is 24.3 Å². The predicted molar refractivity (Wildman–Crippen MR) is 89.9 cm³/mol. The standard InChI is InChI=1S/C18H28ClNO/c1-18(2,3)20-13-17(15-7-9-16(19)10-8-15)21-12-11-14-5-4-6-14/h7-10,14,17,20H,4-6,11-13H2,1-3H3. The van der Waals surface area contributed by atoms with Crippen molar-refractivity contribution in [3.63, 3.8) is 0 Å². The monoisotopic (exact) mass is 309 g/mol. The topological polar surface area (TPSA) is 21.3 Å². The molecule has 1 unspecified atom stereocenters. The van der Waals surface area contributed by atoms with E-state index in [9.17, 15) is 0 Å². The number of hydrogen-bond acceptors (Lipinski definition) is 2. The van der Waals surface area contributed by atoms with E-state index in [1.807, 2.05) is 12.1 Å². The predicted octanol–water partition coefficient (Wildman–Crippen LogP) is 4.98. The molecule has 1 aromatic rings. The Labute approximate surface area is 134 Å². The van der Waals surface area contributed by atoms with Gasteiger partial charge in [0.05, 0.1) is 6.10 Å². The minimum absolute atomic E-state index is 0.0987. The van der Waals surface area contributed by atoms with Gasteiger partial charge in [-0.2, -0.15) is 0 Å². The van der Waals surface area contributed by atoms with E-state index in [0.717, 1.165) is 24.1 Å². The zero-order valence-electron chi connectivity index (χ0n) is 13.5. The molecule has 2 rings (SSSR count). The van der Waals surface area contributed by atoms with Crippen molar-refractivity contribution in [2.75, 3.05) is 13.2 Å². The number of rotatable bonds is 7.